The van der Waals surface area contributed by atoms with E-state index in [0.29, 0.717) is 11.5 Å². The van der Waals surface area contributed by atoms with Gasteiger partial charge in [-0.05, 0) is 54.8 Å². The minimum Gasteiger partial charge on any atom is -0.497 e. The van der Waals surface area contributed by atoms with Crippen LogP contribution in [0.25, 0.3) is 0 Å². The molecule has 0 bridgehead atoms. The van der Waals surface area contributed by atoms with E-state index in [1.165, 1.54) is 26.2 Å². The van der Waals surface area contributed by atoms with Crippen molar-refractivity contribution in [3.63, 3.8) is 0 Å². The fraction of sp³-hybridized carbons (Fsp3) is 0.409. The predicted octanol–water partition coefficient (Wildman–Crippen LogP) is 0.983. The van der Waals surface area contributed by atoms with Crippen molar-refractivity contribution in [2.24, 2.45) is 0 Å². The zero-order valence-electron chi connectivity index (χ0n) is 34.9. The average molecular weight is 875 g/mol. The number of benzene rings is 3. The van der Waals surface area contributed by atoms with E-state index in [4.69, 9.17) is 37.9 Å². The van der Waals surface area contributed by atoms with Crippen LogP contribution < -0.4 is 32.0 Å². The van der Waals surface area contributed by atoms with Crippen LogP contribution in [-0.2, 0) is 34.0 Å². The molecule has 8 atom stereocenters. The number of aryl methyl sites for hydroxylation is 2. The maximum absolute atomic E-state index is 13.2. The third-order valence-corrected chi connectivity index (χ3v) is 11.1. The molecule has 2 fully saturated rings. The Bertz CT molecular complexity index is 2490. The molecule has 63 heavy (non-hydrogen) atoms. The highest BCUT2D eigenvalue weighted by molar-refractivity contribution is 5.49. The second-order valence-electron chi connectivity index (χ2n) is 15.1. The minimum absolute atomic E-state index is 0.0190. The number of hydrogen-bond acceptors (Lipinski definition) is 15. The zero-order chi connectivity index (χ0) is 44.8. The first-order chi connectivity index (χ1) is 30.4. The van der Waals surface area contributed by atoms with Crippen LogP contribution in [0.1, 0.15) is 40.3 Å². The first-order valence-corrected chi connectivity index (χ1v) is 20.1. The van der Waals surface area contributed by atoms with Crippen LogP contribution in [0.3, 0.4) is 0 Å². The van der Waals surface area contributed by atoms with Crippen LogP contribution in [-0.4, -0.2) is 118 Å². The smallest absolute Gasteiger partial charge is 0.330 e. The number of nitrogens with zero attached hydrogens (tertiary/aromatic N) is 2. The summed E-state index contributed by atoms with van der Waals surface area (Å²) in [7, 11) is 3.15. The van der Waals surface area contributed by atoms with Crippen LogP contribution >= 0.6 is 0 Å². The summed E-state index contributed by atoms with van der Waals surface area (Å²) in [5, 5.41) is 33.0. The van der Waals surface area contributed by atoms with E-state index >= 15 is 0 Å². The van der Waals surface area contributed by atoms with Crippen molar-refractivity contribution in [2.75, 3.05) is 47.4 Å². The molecule has 7 rings (SSSR count). The van der Waals surface area contributed by atoms with Gasteiger partial charge in [0.15, 0.2) is 12.5 Å². The Balaban J connectivity index is 1.05. The van der Waals surface area contributed by atoms with Gasteiger partial charge in [0.1, 0.15) is 60.5 Å². The van der Waals surface area contributed by atoms with E-state index in [1.807, 2.05) is 78.9 Å². The average Bonchev–Trinajstić information content (AvgIpc) is 3.76. The van der Waals surface area contributed by atoms with Gasteiger partial charge in [-0.3, -0.25) is 28.7 Å². The quantitative estimate of drug-likeness (QED) is 0.0468. The maximum atomic E-state index is 13.2. The lowest BCUT2D eigenvalue weighted by Gasteiger charge is -2.37. The highest BCUT2D eigenvalue weighted by Crippen LogP contribution is 2.43. The molecule has 4 heterocycles. The Kier molecular flexibility index (Phi) is 14.2. The van der Waals surface area contributed by atoms with E-state index in [9.17, 15) is 34.5 Å². The van der Waals surface area contributed by atoms with Gasteiger partial charge in [0.05, 0.1) is 40.6 Å². The molecule has 336 valence electrons. The molecule has 2 aliphatic heterocycles. The minimum atomic E-state index is -1.48. The molecule has 0 radical (unpaired) electrons. The zero-order valence-corrected chi connectivity index (χ0v) is 34.9. The second kappa shape index (κ2) is 19.8. The lowest BCUT2D eigenvalue weighted by atomic mass is 9.80. The second-order valence-corrected chi connectivity index (χ2v) is 15.1. The Labute approximate surface area is 359 Å². The normalized spacial score (nSPS) is 23.5. The van der Waals surface area contributed by atoms with Gasteiger partial charge in [0.2, 0.25) is 0 Å². The topological polar surface area (TPSA) is 244 Å². The van der Waals surface area contributed by atoms with E-state index in [0.717, 1.165) is 25.8 Å². The lowest BCUT2D eigenvalue weighted by molar-refractivity contribution is -0.147. The standard InChI is InChI=1S/C44H50N4O15/c1-25-20-47(42(54)45-38(25)52)40-36(51)34(49)32(62-40)22-58-18-19-59-24-60-37-35(50)33(63-41(37)48-21-26(2)39(53)46-43(48)55)23-61-44(27-8-6-5-7-9-27,28-10-14-30(56-3)15-11-28)29-12-16-31(57-4)17-13-29/h5-17,20-21,32-37,40-41,49-51H,18-19,22-24H2,1-4H3,(H,45,52,54)(H,46,53,55)/t32-,33-,34-,35-,36-,37-,40-,41-/m1/s1. The van der Waals surface area contributed by atoms with Gasteiger partial charge < -0.3 is 53.2 Å². The molecule has 5 aromatic rings. The van der Waals surface area contributed by atoms with Gasteiger partial charge in [-0.1, -0.05) is 54.6 Å². The number of aliphatic hydroxyl groups excluding tert-OH is 3. The van der Waals surface area contributed by atoms with E-state index in [-0.39, 0.29) is 44.3 Å². The monoisotopic (exact) mass is 874 g/mol. The highest BCUT2D eigenvalue weighted by atomic mass is 16.7. The van der Waals surface area contributed by atoms with Crippen molar-refractivity contribution in [1.82, 2.24) is 19.1 Å². The Hall–Kier alpha value is -5.74. The third-order valence-electron chi connectivity index (χ3n) is 11.1. The van der Waals surface area contributed by atoms with Crippen molar-refractivity contribution < 1.29 is 53.2 Å². The molecular weight excluding hydrogens is 824 g/mol. The number of ether oxygens (including phenoxy) is 8. The summed E-state index contributed by atoms with van der Waals surface area (Å²) in [5.74, 6) is 1.27. The number of nitrogens with one attached hydrogen (secondary N) is 2. The summed E-state index contributed by atoms with van der Waals surface area (Å²) in [6.45, 7) is 2.18. The number of hydrogen-bond donors (Lipinski definition) is 5. The van der Waals surface area contributed by atoms with Crippen LogP contribution in [0.15, 0.2) is 110 Å². The lowest BCUT2D eigenvalue weighted by Crippen LogP contribution is -2.41. The van der Waals surface area contributed by atoms with E-state index in [2.05, 4.69) is 9.97 Å². The van der Waals surface area contributed by atoms with Gasteiger partial charge >= 0.3 is 11.4 Å². The Morgan fingerprint density at radius 1 is 0.619 bits per heavy atom. The molecule has 0 spiro atoms. The molecule has 0 unspecified atom stereocenters. The summed E-state index contributed by atoms with van der Waals surface area (Å²) < 4.78 is 49.4. The number of H-pyrrole nitrogens is 2. The van der Waals surface area contributed by atoms with Crippen LogP contribution in [0.5, 0.6) is 11.5 Å². The Morgan fingerprint density at radius 2 is 1.11 bits per heavy atom. The van der Waals surface area contributed by atoms with Gasteiger partial charge in [0, 0.05) is 23.5 Å². The van der Waals surface area contributed by atoms with Crippen molar-refractivity contribution >= 4 is 0 Å². The Morgan fingerprint density at radius 3 is 1.67 bits per heavy atom. The molecule has 0 aliphatic carbocycles. The third kappa shape index (κ3) is 9.47. The van der Waals surface area contributed by atoms with Crippen molar-refractivity contribution in [1.29, 1.82) is 0 Å². The summed E-state index contributed by atoms with van der Waals surface area (Å²) >= 11 is 0. The molecule has 19 heteroatoms. The molecular formula is C44H50N4O15. The molecule has 19 nitrogen and oxygen atoms in total. The van der Waals surface area contributed by atoms with Gasteiger partial charge in [-0.25, -0.2) is 9.59 Å². The van der Waals surface area contributed by atoms with Crippen molar-refractivity contribution in [3.8, 4) is 11.5 Å². The van der Waals surface area contributed by atoms with E-state index < -0.39 is 77.2 Å². The number of methoxy groups -OCH3 is 2. The molecule has 3 aromatic carbocycles. The first kappa shape index (κ1) is 45.3. The fourth-order valence-corrected chi connectivity index (χ4v) is 7.69. The summed E-state index contributed by atoms with van der Waals surface area (Å²) in [4.78, 5) is 54.1. The predicted molar refractivity (Wildman–Crippen MR) is 223 cm³/mol. The largest absolute Gasteiger partial charge is 0.497 e. The fourth-order valence-electron chi connectivity index (χ4n) is 7.69. The number of aliphatic hydroxyl groups is 3. The number of rotatable bonds is 18. The highest BCUT2D eigenvalue weighted by Gasteiger charge is 2.49. The van der Waals surface area contributed by atoms with Crippen LogP contribution in [0.4, 0.5) is 0 Å². The van der Waals surface area contributed by atoms with Gasteiger partial charge in [0.25, 0.3) is 11.1 Å². The number of aromatic nitrogens is 4. The SMILES string of the molecule is COc1ccc(C(OC[C@H]2O[C@@H](n3cc(C)c(=O)[nH]c3=O)[C@H](OCOCCOC[C@H]3O[C@@H](n4cc(C)c(=O)[nH]c4=O)[C@H](O)[C@@H]3O)[C@@H]2O)(c2ccccc2)c2ccc(OC)cc2)cc1. The van der Waals surface area contributed by atoms with Crippen molar-refractivity contribution in [3.05, 3.63) is 161 Å². The summed E-state index contributed by atoms with van der Waals surface area (Å²) in [5.41, 5.74) is -1.33. The summed E-state index contributed by atoms with van der Waals surface area (Å²) in [6, 6.07) is 24.4. The van der Waals surface area contributed by atoms with E-state index in [1.54, 1.807) is 14.2 Å². The van der Waals surface area contributed by atoms with Crippen LogP contribution in [0, 0.1) is 13.8 Å². The molecule has 5 N–H and O–H groups in total. The van der Waals surface area contributed by atoms with Crippen LogP contribution in [0.2, 0.25) is 0 Å². The molecule has 0 amide bonds. The van der Waals surface area contributed by atoms with Gasteiger partial charge in [-0.2, -0.15) is 0 Å². The molecule has 2 aromatic heterocycles. The summed E-state index contributed by atoms with van der Waals surface area (Å²) in [6.07, 6.45) is -7.48. The first-order valence-electron chi connectivity index (χ1n) is 20.1. The van der Waals surface area contributed by atoms with Crippen molar-refractivity contribution in [2.45, 2.75) is 68.5 Å². The molecule has 0 saturated carbocycles. The van der Waals surface area contributed by atoms with Gasteiger partial charge in [-0.15, -0.1) is 0 Å². The number of aromatic amines is 2. The molecule has 2 aliphatic rings. The maximum Gasteiger partial charge on any atom is 0.330 e. The molecule has 2 saturated heterocycles.